The van der Waals surface area contributed by atoms with Crippen molar-refractivity contribution >= 4 is 33.3 Å². The van der Waals surface area contributed by atoms with Gasteiger partial charge in [-0.15, -0.1) is 10.2 Å². The second-order valence-corrected chi connectivity index (χ2v) is 8.20. The fourth-order valence-corrected chi connectivity index (χ4v) is 4.42. The minimum atomic E-state index is -0.802. The molecule has 1 amide bonds. The Morgan fingerprint density at radius 3 is 2.88 bits per heavy atom. The summed E-state index contributed by atoms with van der Waals surface area (Å²) in [6.45, 7) is 2.64. The van der Waals surface area contributed by atoms with Crippen LogP contribution in [0.4, 0.5) is 9.52 Å². The molecule has 0 N–H and O–H groups in total. The number of hydrogen-bond acceptors (Lipinski definition) is 7. The standard InChI is InChI=1S/C23H18FN3O4S/c1-2-3-9-30-15-6-4-5-13(10-15)19-18-20(28)16-11-14(24)7-8-17(16)31-21(18)22(29)27(19)23-26-25-12-32-23/h4-8,10-12,19H,2-3,9H2,1H3. The van der Waals surface area contributed by atoms with E-state index in [1.807, 2.05) is 12.1 Å². The molecule has 0 fully saturated rings. The second-order valence-electron chi connectivity index (χ2n) is 7.39. The van der Waals surface area contributed by atoms with Gasteiger partial charge in [0, 0.05) is 0 Å². The molecule has 1 unspecified atom stereocenters. The van der Waals surface area contributed by atoms with Gasteiger partial charge in [-0.1, -0.05) is 36.8 Å². The molecule has 9 heteroatoms. The van der Waals surface area contributed by atoms with E-state index in [1.165, 1.54) is 33.9 Å². The molecule has 5 rings (SSSR count). The molecule has 0 radical (unpaired) electrons. The number of hydrogen-bond donors (Lipinski definition) is 0. The summed E-state index contributed by atoms with van der Waals surface area (Å²) < 4.78 is 25.5. The number of anilines is 1. The fraction of sp³-hybridized carbons (Fsp3) is 0.217. The van der Waals surface area contributed by atoms with Gasteiger partial charge in [0.25, 0.3) is 5.91 Å². The molecule has 4 aromatic rings. The van der Waals surface area contributed by atoms with E-state index in [0.717, 1.165) is 18.9 Å². The van der Waals surface area contributed by atoms with Crippen molar-refractivity contribution in [3.05, 3.63) is 80.9 Å². The number of amides is 1. The monoisotopic (exact) mass is 451 g/mol. The average Bonchev–Trinajstić information content (AvgIpc) is 3.41. The van der Waals surface area contributed by atoms with Crippen LogP contribution in [-0.2, 0) is 0 Å². The second kappa shape index (κ2) is 8.16. The van der Waals surface area contributed by atoms with Crippen molar-refractivity contribution < 1.29 is 18.3 Å². The van der Waals surface area contributed by atoms with Crippen LogP contribution < -0.4 is 15.1 Å². The Kier molecular flexibility index (Phi) is 5.18. The maximum atomic E-state index is 13.9. The van der Waals surface area contributed by atoms with Crippen molar-refractivity contribution in [3.8, 4) is 5.75 Å². The highest BCUT2D eigenvalue weighted by atomic mass is 32.1. The molecule has 0 spiro atoms. The van der Waals surface area contributed by atoms with Gasteiger partial charge in [-0.3, -0.25) is 14.5 Å². The number of fused-ring (bicyclic) bond motifs is 2. The molecule has 2 aromatic carbocycles. The number of unbranched alkanes of at least 4 members (excludes halogenated alkanes) is 1. The molecule has 3 heterocycles. The summed E-state index contributed by atoms with van der Waals surface area (Å²) in [6.07, 6.45) is 1.91. The largest absolute Gasteiger partial charge is 0.494 e. The van der Waals surface area contributed by atoms with Crippen LogP contribution in [0.2, 0.25) is 0 Å². The van der Waals surface area contributed by atoms with Crippen LogP contribution in [0, 0.1) is 5.82 Å². The molecular weight excluding hydrogens is 433 g/mol. The summed E-state index contributed by atoms with van der Waals surface area (Å²) in [5.41, 5.74) is 2.01. The van der Waals surface area contributed by atoms with Gasteiger partial charge in [-0.2, -0.15) is 0 Å². The van der Waals surface area contributed by atoms with Gasteiger partial charge in [-0.05, 0) is 42.3 Å². The van der Waals surface area contributed by atoms with E-state index in [-0.39, 0.29) is 22.3 Å². The molecule has 0 bridgehead atoms. The number of ether oxygens (including phenoxy) is 1. The topological polar surface area (TPSA) is 85.5 Å². The highest BCUT2D eigenvalue weighted by molar-refractivity contribution is 7.13. The third-order valence-corrected chi connectivity index (χ3v) is 6.02. The number of halogens is 1. The summed E-state index contributed by atoms with van der Waals surface area (Å²) in [5, 5.41) is 8.29. The van der Waals surface area contributed by atoms with Crippen molar-refractivity contribution in [3.63, 3.8) is 0 Å². The third kappa shape index (κ3) is 3.34. The first-order chi connectivity index (χ1) is 15.6. The van der Waals surface area contributed by atoms with Crippen LogP contribution in [0.25, 0.3) is 11.0 Å². The van der Waals surface area contributed by atoms with Crippen LogP contribution in [0.5, 0.6) is 5.75 Å². The number of nitrogens with zero attached hydrogens (tertiary/aromatic N) is 3. The van der Waals surface area contributed by atoms with Crippen molar-refractivity contribution in [2.24, 2.45) is 0 Å². The number of aromatic nitrogens is 2. The van der Waals surface area contributed by atoms with Crippen LogP contribution in [-0.4, -0.2) is 22.7 Å². The SMILES string of the molecule is CCCCOc1cccc(C2c3c(oc4ccc(F)cc4c3=O)C(=O)N2c2nncs2)c1. The molecule has 0 saturated heterocycles. The normalized spacial score (nSPS) is 15.4. The summed E-state index contributed by atoms with van der Waals surface area (Å²) in [4.78, 5) is 28.2. The smallest absolute Gasteiger partial charge is 0.297 e. The average molecular weight is 451 g/mol. The van der Waals surface area contributed by atoms with Gasteiger partial charge in [-0.25, -0.2) is 4.39 Å². The van der Waals surface area contributed by atoms with E-state index < -0.39 is 23.2 Å². The van der Waals surface area contributed by atoms with E-state index in [4.69, 9.17) is 9.15 Å². The number of carbonyl (C=O) groups excluding carboxylic acids is 1. The van der Waals surface area contributed by atoms with E-state index in [2.05, 4.69) is 17.1 Å². The molecule has 0 saturated carbocycles. The van der Waals surface area contributed by atoms with Gasteiger partial charge < -0.3 is 9.15 Å². The number of carbonyl (C=O) groups is 1. The molecule has 1 atom stereocenters. The zero-order valence-corrected chi connectivity index (χ0v) is 17.9. The lowest BCUT2D eigenvalue weighted by Gasteiger charge is -2.22. The van der Waals surface area contributed by atoms with Crippen LogP contribution in [0.15, 0.2) is 57.2 Å². The quantitative estimate of drug-likeness (QED) is 0.395. The van der Waals surface area contributed by atoms with E-state index in [9.17, 15) is 14.0 Å². The van der Waals surface area contributed by atoms with Gasteiger partial charge in [0.2, 0.25) is 10.9 Å². The number of benzene rings is 2. The van der Waals surface area contributed by atoms with E-state index in [0.29, 0.717) is 23.1 Å². The maximum Gasteiger partial charge on any atom is 0.297 e. The summed E-state index contributed by atoms with van der Waals surface area (Å²) >= 11 is 1.17. The van der Waals surface area contributed by atoms with Crippen LogP contribution in [0.1, 0.15) is 47.5 Å². The first-order valence-electron chi connectivity index (χ1n) is 10.2. The maximum absolute atomic E-state index is 13.9. The van der Waals surface area contributed by atoms with Crippen LogP contribution in [0.3, 0.4) is 0 Å². The highest BCUT2D eigenvalue weighted by Crippen LogP contribution is 2.42. The Hall–Kier alpha value is -3.59. The minimum absolute atomic E-state index is 0.0772. The number of rotatable bonds is 6. The Morgan fingerprint density at radius 2 is 2.09 bits per heavy atom. The van der Waals surface area contributed by atoms with E-state index >= 15 is 0 Å². The summed E-state index contributed by atoms with van der Waals surface area (Å²) in [7, 11) is 0. The Bertz CT molecular complexity index is 1370. The van der Waals surface area contributed by atoms with Gasteiger partial charge in [0.05, 0.1) is 23.6 Å². The lowest BCUT2D eigenvalue weighted by Crippen LogP contribution is -2.29. The van der Waals surface area contributed by atoms with Crippen molar-refractivity contribution in [1.82, 2.24) is 10.2 Å². The first kappa shape index (κ1) is 20.3. The van der Waals surface area contributed by atoms with Gasteiger partial charge in [0.15, 0.2) is 5.43 Å². The van der Waals surface area contributed by atoms with Gasteiger partial charge >= 0.3 is 0 Å². The molecule has 0 aliphatic carbocycles. The van der Waals surface area contributed by atoms with Crippen LogP contribution >= 0.6 is 11.3 Å². The predicted octanol–water partition coefficient (Wildman–Crippen LogP) is 4.71. The van der Waals surface area contributed by atoms with Crippen molar-refractivity contribution in [2.75, 3.05) is 11.5 Å². The molecule has 2 aromatic heterocycles. The fourth-order valence-electron chi connectivity index (χ4n) is 3.84. The molecule has 1 aliphatic rings. The molecule has 32 heavy (non-hydrogen) atoms. The Labute approximate surface area is 186 Å². The predicted molar refractivity (Wildman–Crippen MR) is 118 cm³/mol. The highest BCUT2D eigenvalue weighted by Gasteiger charge is 2.45. The lowest BCUT2D eigenvalue weighted by atomic mass is 9.98. The zero-order valence-electron chi connectivity index (χ0n) is 17.1. The Balaban J connectivity index is 1.71. The lowest BCUT2D eigenvalue weighted by molar-refractivity contribution is 0.0970. The molecule has 7 nitrogen and oxygen atoms in total. The van der Waals surface area contributed by atoms with Gasteiger partial charge in [0.1, 0.15) is 22.7 Å². The first-order valence-corrected chi connectivity index (χ1v) is 11.0. The summed E-state index contributed by atoms with van der Waals surface area (Å²) in [6, 6.07) is 10.1. The Morgan fingerprint density at radius 1 is 1.22 bits per heavy atom. The third-order valence-electron chi connectivity index (χ3n) is 5.33. The molecule has 162 valence electrons. The molecular formula is C23H18FN3O4S. The molecule has 1 aliphatic heterocycles. The van der Waals surface area contributed by atoms with Crippen molar-refractivity contribution in [1.29, 1.82) is 0 Å². The van der Waals surface area contributed by atoms with Crippen molar-refractivity contribution in [2.45, 2.75) is 25.8 Å². The zero-order chi connectivity index (χ0) is 22.2. The van der Waals surface area contributed by atoms with E-state index in [1.54, 1.807) is 12.1 Å². The summed E-state index contributed by atoms with van der Waals surface area (Å²) in [5.74, 6) is -0.503. The minimum Gasteiger partial charge on any atom is -0.494 e.